The molecule has 1 aromatic heterocycles. The lowest BCUT2D eigenvalue weighted by atomic mass is 9.84. The predicted octanol–water partition coefficient (Wildman–Crippen LogP) is 3.77. The van der Waals surface area contributed by atoms with Crippen LogP contribution in [0.5, 0.6) is 0 Å². The normalized spacial score (nSPS) is 15.3. The molecular weight excluding hydrogens is 452 g/mol. The van der Waals surface area contributed by atoms with Gasteiger partial charge in [0.2, 0.25) is 5.91 Å². The summed E-state index contributed by atoms with van der Waals surface area (Å²) in [6, 6.07) is 5.65. The van der Waals surface area contributed by atoms with Gasteiger partial charge in [-0.05, 0) is 56.9 Å². The van der Waals surface area contributed by atoms with Gasteiger partial charge in [-0.25, -0.2) is 0 Å². The van der Waals surface area contributed by atoms with Crippen molar-refractivity contribution < 1.29 is 23.9 Å². The number of halogens is 1. The number of aromatic amines is 1. The number of hydrogen-bond donors (Lipinski definition) is 1. The fourth-order valence-corrected chi connectivity index (χ4v) is 4.33. The molecule has 30 heavy (non-hydrogen) atoms. The molecule has 1 N–H and O–H groups in total. The Labute approximate surface area is 184 Å². The standard InChI is InChI=1S/C22H27BrN2O5/c1-3-29-21(27)19(22(28)30-4-2)18(20(26)25-10-6-5-7-11-25)16-13-24-17-9-8-14(23)12-15(16)17/h8-9,12-13,18-19,24H,3-7,10-11H2,1-2H3/t18-/m0/s1. The molecule has 1 aromatic carbocycles. The van der Waals surface area contributed by atoms with Crippen LogP contribution in [0.2, 0.25) is 0 Å². The number of nitrogens with zero attached hydrogens (tertiary/aromatic N) is 1. The number of benzene rings is 1. The van der Waals surface area contributed by atoms with Crippen LogP contribution in [0.4, 0.5) is 0 Å². The molecule has 1 saturated heterocycles. The Morgan fingerprint density at radius 3 is 2.30 bits per heavy atom. The fourth-order valence-electron chi connectivity index (χ4n) is 3.97. The van der Waals surface area contributed by atoms with Crippen LogP contribution in [0.3, 0.4) is 0 Å². The third kappa shape index (κ3) is 4.69. The van der Waals surface area contributed by atoms with Crippen LogP contribution in [0.25, 0.3) is 10.9 Å². The quantitative estimate of drug-likeness (QED) is 0.483. The molecule has 0 saturated carbocycles. The smallest absolute Gasteiger partial charge is 0.321 e. The lowest BCUT2D eigenvalue weighted by molar-refractivity contribution is -0.165. The highest BCUT2D eigenvalue weighted by atomic mass is 79.9. The van der Waals surface area contributed by atoms with E-state index < -0.39 is 23.8 Å². The van der Waals surface area contributed by atoms with E-state index in [4.69, 9.17) is 9.47 Å². The lowest BCUT2D eigenvalue weighted by Crippen LogP contribution is -2.45. The first-order chi connectivity index (χ1) is 14.5. The monoisotopic (exact) mass is 478 g/mol. The number of hydrogen-bond acceptors (Lipinski definition) is 5. The topological polar surface area (TPSA) is 88.7 Å². The van der Waals surface area contributed by atoms with Gasteiger partial charge in [-0.1, -0.05) is 15.9 Å². The van der Waals surface area contributed by atoms with Crippen molar-refractivity contribution in [2.75, 3.05) is 26.3 Å². The van der Waals surface area contributed by atoms with Gasteiger partial charge in [0.1, 0.15) is 0 Å². The first kappa shape index (κ1) is 22.3. The number of ether oxygens (including phenoxy) is 2. The lowest BCUT2D eigenvalue weighted by Gasteiger charge is -2.32. The van der Waals surface area contributed by atoms with E-state index in [1.54, 1.807) is 24.9 Å². The second kappa shape index (κ2) is 10.1. The average Bonchev–Trinajstić information content (AvgIpc) is 3.15. The van der Waals surface area contributed by atoms with Gasteiger partial charge in [-0.3, -0.25) is 14.4 Å². The number of aromatic nitrogens is 1. The molecular formula is C22H27BrN2O5. The van der Waals surface area contributed by atoms with Crippen LogP contribution in [-0.4, -0.2) is 54.0 Å². The zero-order chi connectivity index (χ0) is 21.7. The van der Waals surface area contributed by atoms with Crippen molar-refractivity contribution in [1.82, 2.24) is 9.88 Å². The summed E-state index contributed by atoms with van der Waals surface area (Å²) in [6.07, 6.45) is 4.57. The van der Waals surface area contributed by atoms with Gasteiger partial charge in [0, 0.05) is 34.7 Å². The summed E-state index contributed by atoms with van der Waals surface area (Å²) in [5.41, 5.74) is 1.41. The molecule has 7 nitrogen and oxygen atoms in total. The summed E-state index contributed by atoms with van der Waals surface area (Å²) in [5.74, 6) is -4.12. The number of likely N-dealkylation sites (tertiary alicyclic amines) is 1. The molecule has 162 valence electrons. The van der Waals surface area contributed by atoms with Crippen LogP contribution in [0.1, 0.15) is 44.6 Å². The van der Waals surface area contributed by atoms with E-state index in [0.717, 1.165) is 34.6 Å². The molecule has 1 aliphatic heterocycles. The summed E-state index contributed by atoms with van der Waals surface area (Å²) in [5, 5.41) is 0.776. The third-order valence-electron chi connectivity index (χ3n) is 5.36. The molecule has 8 heteroatoms. The summed E-state index contributed by atoms with van der Waals surface area (Å²) in [7, 11) is 0. The van der Waals surface area contributed by atoms with Crippen molar-refractivity contribution in [1.29, 1.82) is 0 Å². The molecule has 1 amide bonds. The summed E-state index contributed by atoms with van der Waals surface area (Å²) >= 11 is 3.47. The molecule has 0 spiro atoms. The highest BCUT2D eigenvalue weighted by molar-refractivity contribution is 9.10. The van der Waals surface area contributed by atoms with Crippen LogP contribution < -0.4 is 0 Å². The fraction of sp³-hybridized carbons (Fsp3) is 0.500. The largest absolute Gasteiger partial charge is 0.465 e. The number of amides is 1. The zero-order valence-electron chi connectivity index (χ0n) is 17.3. The number of nitrogens with one attached hydrogen (secondary N) is 1. The zero-order valence-corrected chi connectivity index (χ0v) is 18.9. The number of fused-ring (bicyclic) bond motifs is 1. The van der Waals surface area contributed by atoms with E-state index in [0.29, 0.717) is 18.7 Å². The van der Waals surface area contributed by atoms with Crippen LogP contribution in [0.15, 0.2) is 28.9 Å². The second-order valence-corrected chi connectivity index (χ2v) is 8.19. The number of H-pyrrole nitrogens is 1. The minimum absolute atomic E-state index is 0.110. The Morgan fingerprint density at radius 2 is 1.70 bits per heavy atom. The minimum Gasteiger partial charge on any atom is -0.465 e. The van der Waals surface area contributed by atoms with Gasteiger partial charge >= 0.3 is 11.9 Å². The summed E-state index contributed by atoms with van der Waals surface area (Å²) in [4.78, 5) is 44.3. The van der Waals surface area contributed by atoms with Gasteiger partial charge in [0.25, 0.3) is 0 Å². The average molecular weight is 479 g/mol. The Balaban J connectivity index is 2.13. The molecule has 1 aliphatic rings. The number of rotatable bonds is 7. The molecule has 0 radical (unpaired) electrons. The van der Waals surface area contributed by atoms with E-state index in [9.17, 15) is 14.4 Å². The molecule has 2 heterocycles. The number of piperidine rings is 1. The number of esters is 2. The van der Waals surface area contributed by atoms with Crippen molar-refractivity contribution in [2.24, 2.45) is 5.92 Å². The van der Waals surface area contributed by atoms with E-state index in [1.165, 1.54) is 0 Å². The van der Waals surface area contributed by atoms with Gasteiger partial charge < -0.3 is 19.4 Å². The van der Waals surface area contributed by atoms with E-state index in [1.807, 2.05) is 18.2 Å². The Morgan fingerprint density at radius 1 is 1.07 bits per heavy atom. The second-order valence-electron chi connectivity index (χ2n) is 7.28. The molecule has 3 rings (SSSR count). The van der Waals surface area contributed by atoms with Crippen molar-refractivity contribution in [2.45, 2.75) is 39.0 Å². The summed E-state index contributed by atoms with van der Waals surface area (Å²) < 4.78 is 11.2. The first-order valence-corrected chi connectivity index (χ1v) is 11.2. The highest BCUT2D eigenvalue weighted by Gasteiger charge is 2.45. The predicted molar refractivity (Wildman–Crippen MR) is 116 cm³/mol. The Hall–Kier alpha value is -2.35. The molecule has 0 aliphatic carbocycles. The molecule has 1 atom stereocenters. The maximum Gasteiger partial charge on any atom is 0.321 e. The van der Waals surface area contributed by atoms with Crippen LogP contribution in [0, 0.1) is 5.92 Å². The summed E-state index contributed by atoms with van der Waals surface area (Å²) in [6.45, 7) is 4.78. The molecule has 2 aromatic rings. The Bertz CT molecular complexity index is 901. The van der Waals surface area contributed by atoms with Gasteiger partial charge in [-0.15, -0.1) is 0 Å². The SMILES string of the molecule is CCOC(=O)C(C(=O)OCC)[C@@H](C(=O)N1CCCCC1)c1c[nH]c2ccc(Br)cc12. The third-order valence-corrected chi connectivity index (χ3v) is 5.85. The van der Waals surface area contributed by atoms with Crippen molar-refractivity contribution in [3.05, 3.63) is 34.4 Å². The van der Waals surface area contributed by atoms with Crippen LogP contribution in [-0.2, 0) is 23.9 Å². The van der Waals surface area contributed by atoms with Gasteiger partial charge in [0.05, 0.1) is 19.1 Å². The molecule has 0 unspecified atom stereocenters. The Kier molecular flexibility index (Phi) is 7.53. The van der Waals surface area contributed by atoms with Crippen molar-refractivity contribution in [3.63, 3.8) is 0 Å². The number of carbonyl (C=O) groups is 3. The van der Waals surface area contributed by atoms with Crippen molar-refractivity contribution >= 4 is 44.7 Å². The maximum atomic E-state index is 13.7. The van der Waals surface area contributed by atoms with E-state index >= 15 is 0 Å². The van der Waals surface area contributed by atoms with E-state index in [-0.39, 0.29) is 19.1 Å². The highest BCUT2D eigenvalue weighted by Crippen LogP contribution is 2.36. The van der Waals surface area contributed by atoms with E-state index in [2.05, 4.69) is 20.9 Å². The first-order valence-electron chi connectivity index (χ1n) is 10.4. The van der Waals surface area contributed by atoms with Crippen LogP contribution >= 0.6 is 15.9 Å². The molecule has 1 fully saturated rings. The molecule has 0 bridgehead atoms. The van der Waals surface area contributed by atoms with Crippen molar-refractivity contribution in [3.8, 4) is 0 Å². The maximum absolute atomic E-state index is 13.7. The van der Waals surface area contributed by atoms with Gasteiger partial charge in [-0.2, -0.15) is 0 Å². The minimum atomic E-state index is -1.36. The van der Waals surface area contributed by atoms with Gasteiger partial charge in [0.15, 0.2) is 5.92 Å². The number of carbonyl (C=O) groups excluding carboxylic acids is 3.